The van der Waals surface area contributed by atoms with E-state index in [1.807, 2.05) is 12.1 Å². The molecular weight excluding hydrogens is 352 g/mol. The molecule has 0 bridgehead atoms. The molecule has 142 valence electrons. The Morgan fingerprint density at radius 2 is 2.15 bits per heavy atom. The molecule has 7 heteroatoms. The number of nitrogens with one attached hydrogen (secondary N) is 3. The van der Waals surface area contributed by atoms with E-state index in [0.29, 0.717) is 25.4 Å². The third-order valence-corrected chi connectivity index (χ3v) is 4.38. The summed E-state index contributed by atoms with van der Waals surface area (Å²) in [7, 11) is 0. The Morgan fingerprint density at radius 3 is 2.92 bits per heavy atom. The number of H-pyrrole nitrogens is 1. The second-order valence-corrected chi connectivity index (χ2v) is 7.34. The van der Waals surface area contributed by atoms with Crippen molar-refractivity contribution in [3.63, 3.8) is 0 Å². The Kier molecular flexibility index (Phi) is 6.67. The number of halogens is 1. The molecule has 0 radical (unpaired) electrons. The van der Waals surface area contributed by atoms with Crippen LogP contribution in [0.1, 0.15) is 48.1 Å². The average molecular weight is 379 g/mol. The van der Waals surface area contributed by atoms with E-state index in [4.69, 9.17) is 4.74 Å². The molecule has 26 heavy (non-hydrogen) atoms. The Balaban J connectivity index is 0.00000243. The number of aromatic amines is 1. The zero-order valence-electron chi connectivity index (χ0n) is 15.5. The summed E-state index contributed by atoms with van der Waals surface area (Å²) >= 11 is 0. The molecule has 2 heterocycles. The number of fused-ring (bicyclic) bond motifs is 1. The predicted molar refractivity (Wildman–Crippen MR) is 104 cm³/mol. The zero-order chi connectivity index (χ0) is 17.9. The van der Waals surface area contributed by atoms with Crippen molar-refractivity contribution in [3.8, 4) is 5.75 Å². The molecule has 1 amide bonds. The lowest BCUT2D eigenvalue weighted by Crippen LogP contribution is -2.31. The highest BCUT2D eigenvalue weighted by atomic mass is 35.5. The highest BCUT2D eigenvalue weighted by Gasteiger charge is 2.21. The number of carbonyl (C=O) groups excluding carboxylic acids is 1. The summed E-state index contributed by atoms with van der Waals surface area (Å²) in [5.74, 6) is 0.663. The summed E-state index contributed by atoms with van der Waals surface area (Å²) < 4.78 is 5.77. The molecule has 1 aliphatic rings. The fourth-order valence-corrected chi connectivity index (χ4v) is 2.88. The van der Waals surface area contributed by atoms with Gasteiger partial charge < -0.3 is 15.4 Å². The normalized spacial score (nSPS) is 13.5. The van der Waals surface area contributed by atoms with E-state index in [2.05, 4.69) is 53.7 Å². The van der Waals surface area contributed by atoms with E-state index >= 15 is 0 Å². The van der Waals surface area contributed by atoms with Crippen molar-refractivity contribution >= 4 is 18.3 Å². The first kappa shape index (κ1) is 20.3. The summed E-state index contributed by atoms with van der Waals surface area (Å²) in [5.41, 5.74) is 3.82. The lowest BCUT2D eigenvalue weighted by atomic mass is 9.87. The number of aromatic nitrogens is 2. The van der Waals surface area contributed by atoms with Gasteiger partial charge in [-0.15, -0.1) is 12.4 Å². The van der Waals surface area contributed by atoms with E-state index in [1.165, 1.54) is 5.56 Å². The van der Waals surface area contributed by atoms with Crippen LogP contribution in [0.5, 0.6) is 5.75 Å². The van der Waals surface area contributed by atoms with Crippen molar-refractivity contribution in [2.24, 2.45) is 0 Å². The van der Waals surface area contributed by atoms with Gasteiger partial charge in [-0.25, -0.2) is 0 Å². The Bertz CT molecular complexity index is 752. The molecule has 0 unspecified atom stereocenters. The molecule has 0 saturated carbocycles. The zero-order valence-corrected chi connectivity index (χ0v) is 16.3. The van der Waals surface area contributed by atoms with E-state index in [9.17, 15) is 4.79 Å². The number of nitrogens with zero attached hydrogens (tertiary/aromatic N) is 1. The van der Waals surface area contributed by atoms with Crippen LogP contribution in [-0.4, -0.2) is 35.8 Å². The minimum atomic E-state index is -0.159. The lowest BCUT2D eigenvalue weighted by Gasteiger charge is -2.19. The minimum absolute atomic E-state index is 0. The molecular formula is C19H27ClN4O2. The molecule has 3 rings (SSSR count). The van der Waals surface area contributed by atoms with Gasteiger partial charge in [-0.2, -0.15) is 5.10 Å². The molecule has 1 aliphatic heterocycles. The quantitative estimate of drug-likeness (QED) is 0.699. The maximum Gasteiger partial charge on any atom is 0.272 e. The van der Waals surface area contributed by atoms with Crippen molar-refractivity contribution in [1.29, 1.82) is 0 Å². The number of rotatable bonds is 5. The molecule has 0 fully saturated rings. The fraction of sp³-hybridized carbons (Fsp3) is 0.474. The van der Waals surface area contributed by atoms with Crippen LogP contribution in [0.15, 0.2) is 24.3 Å². The van der Waals surface area contributed by atoms with Crippen LogP contribution in [0.3, 0.4) is 0 Å². The van der Waals surface area contributed by atoms with Crippen molar-refractivity contribution in [1.82, 2.24) is 20.8 Å². The summed E-state index contributed by atoms with van der Waals surface area (Å²) in [6.45, 7) is 8.98. The fourth-order valence-electron chi connectivity index (χ4n) is 2.88. The monoisotopic (exact) mass is 378 g/mol. The minimum Gasteiger partial charge on any atom is -0.492 e. The van der Waals surface area contributed by atoms with Gasteiger partial charge in [0.1, 0.15) is 12.4 Å². The van der Waals surface area contributed by atoms with Crippen LogP contribution < -0.4 is 15.4 Å². The van der Waals surface area contributed by atoms with Gasteiger partial charge in [-0.3, -0.25) is 9.89 Å². The highest BCUT2D eigenvalue weighted by molar-refractivity contribution is 5.94. The molecule has 3 N–H and O–H groups in total. The van der Waals surface area contributed by atoms with E-state index in [-0.39, 0.29) is 23.7 Å². The Morgan fingerprint density at radius 1 is 1.35 bits per heavy atom. The van der Waals surface area contributed by atoms with Crippen LogP contribution in [0.2, 0.25) is 0 Å². The lowest BCUT2D eigenvalue weighted by molar-refractivity contribution is 0.0941. The molecule has 2 aromatic rings. The summed E-state index contributed by atoms with van der Waals surface area (Å²) in [6.07, 6.45) is 0.878. The first-order valence-corrected chi connectivity index (χ1v) is 8.73. The van der Waals surface area contributed by atoms with Crippen LogP contribution in [-0.2, 0) is 18.4 Å². The van der Waals surface area contributed by atoms with E-state index < -0.39 is 0 Å². The van der Waals surface area contributed by atoms with Crippen molar-refractivity contribution in [3.05, 3.63) is 46.8 Å². The smallest absolute Gasteiger partial charge is 0.272 e. The highest BCUT2D eigenvalue weighted by Crippen LogP contribution is 2.25. The van der Waals surface area contributed by atoms with Crippen LogP contribution in [0.4, 0.5) is 0 Å². The summed E-state index contributed by atoms with van der Waals surface area (Å²) in [6, 6.07) is 8.09. The molecule has 0 saturated heterocycles. The number of ether oxygens (including phenoxy) is 1. The third kappa shape index (κ3) is 4.77. The first-order valence-electron chi connectivity index (χ1n) is 8.73. The van der Waals surface area contributed by atoms with Gasteiger partial charge in [0.2, 0.25) is 0 Å². The number of hydrogen-bond acceptors (Lipinski definition) is 4. The van der Waals surface area contributed by atoms with Crippen LogP contribution in [0.25, 0.3) is 0 Å². The Hall–Kier alpha value is -2.05. The second kappa shape index (κ2) is 8.56. The predicted octanol–water partition coefficient (Wildman–Crippen LogP) is 2.58. The number of amides is 1. The standard InChI is InChI=1S/C19H26N4O2.ClH/c1-19(2,3)13-5-4-6-14(11-13)25-10-9-21-18(24)17-15-12-20-8-7-16(15)22-23-17;/h4-6,11,20H,7-10,12H2,1-3H3,(H,21,24)(H,22,23);1H. The molecule has 0 atom stereocenters. The number of hydrogen-bond donors (Lipinski definition) is 3. The molecule has 0 aliphatic carbocycles. The molecule has 6 nitrogen and oxygen atoms in total. The first-order chi connectivity index (χ1) is 11.9. The van der Waals surface area contributed by atoms with Gasteiger partial charge in [0.15, 0.2) is 5.69 Å². The molecule has 1 aromatic carbocycles. The van der Waals surface area contributed by atoms with Gasteiger partial charge in [-0.05, 0) is 23.1 Å². The largest absolute Gasteiger partial charge is 0.492 e. The number of carbonyl (C=O) groups is 1. The van der Waals surface area contributed by atoms with Gasteiger partial charge in [0.05, 0.1) is 6.54 Å². The topological polar surface area (TPSA) is 79.0 Å². The molecule has 0 spiro atoms. The SMILES string of the molecule is CC(C)(C)c1cccc(OCCNC(=O)c2n[nH]c3c2CNCC3)c1.Cl. The average Bonchev–Trinajstić information content (AvgIpc) is 3.02. The maximum atomic E-state index is 12.3. The van der Waals surface area contributed by atoms with Gasteiger partial charge >= 0.3 is 0 Å². The summed E-state index contributed by atoms with van der Waals surface area (Å²) in [5, 5.41) is 13.3. The van der Waals surface area contributed by atoms with E-state index in [1.54, 1.807) is 0 Å². The maximum absolute atomic E-state index is 12.3. The van der Waals surface area contributed by atoms with Crippen LogP contribution >= 0.6 is 12.4 Å². The third-order valence-electron chi connectivity index (χ3n) is 4.38. The Labute approximate surface area is 160 Å². The van der Waals surface area contributed by atoms with Crippen molar-refractivity contribution in [2.75, 3.05) is 19.7 Å². The van der Waals surface area contributed by atoms with E-state index in [0.717, 1.165) is 30.0 Å². The van der Waals surface area contributed by atoms with Crippen LogP contribution in [0, 0.1) is 0 Å². The number of benzene rings is 1. The second-order valence-electron chi connectivity index (χ2n) is 7.34. The molecule has 1 aromatic heterocycles. The van der Waals surface area contributed by atoms with Gasteiger partial charge in [-0.1, -0.05) is 32.9 Å². The van der Waals surface area contributed by atoms with Gasteiger partial charge in [0.25, 0.3) is 5.91 Å². The van der Waals surface area contributed by atoms with Crippen molar-refractivity contribution < 1.29 is 9.53 Å². The van der Waals surface area contributed by atoms with Gasteiger partial charge in [0, 0.05) is 30.8 Å². The van der Waals surface area contributed by atoms with Crippen molar-refractivity contribution in [2.45, 2.75) is 39.2 Å². The summed E-state index contributed by atoms with van der Waals surface area (Å²) in [4.78, 5) is 12.3.